The lowest BCUT2D eigenvalue weighted by molar-refractivity contribution is -0.137. The van der Waals surface area contributed by atoms with Crippen molar-refractivity contribution in [3.63, 3.8) is 0 Å². The number of nitrogens with one attached hydrogen (secondary N) is 2. The fourth-order valence-corrected chi connectivity index (χ4v) is 2.84. The number of benzene rings is 1. The number of aromatic nitrogens is 4. The second-order valence-corrected chi connectivity index (χ2v) is 5.87. The van der Waals surface area contributed by atoms with Crippen LogP contribution in [-0.4, -0.2) is 31.9 Å². The molecule has 25 heavy (non-hydrogen) atoms. The van der Waals surface area contributed by atoms with Gasteiger partial charge in [-0.1, -0.05) is 18.2 Å². The van der Waals surface area contributed by atoms with Crippen molar-refractivity contribution in [2.75, 3.05) is 0 Å². The average molecular weight is 347 g/mol. The van der Waals surface area contributed by atoms with Gasteiger partial charge >= 0.3 is 6.18 Å². The maximum absolute atomic E-state index is 12.8. The van der Waals surface area contributed by atoms with Gasteiger partial charge in [0.1, 0.15) is 11.8 Å². The molecule has 1 aliphatic carbocycles. The molecule has 1 fully saturated rings. The van der Waals surface area contributed by atoms with E-state index in [0.717, 1.165) is 12.1 Å². The number of hydrogen-bond acceptors (Lipinski definition) is 4. The second kappa shape index (κ2) is 5.54. The molecule has 0 saturated heterocycles. The summed E-state index contributed by atoms with van der Waals surface area (Å²) in [6.07, 6.45) is -1.13. The molecule has 0 aliphatic heterocycles. The highest BCUT2D eigenvalue weighted by atomic mass is 19.4. The third-order valence-electron chi connectivity index (χ3n) is 4.19. The van der Waals surface area contributed by atoms with Crippen LogP contribution in [0.4, 0.5) is 13.2 Å². The Hall–Kier alpha value is -2.97. The summed E-state index contributed by atoms with van der Waals surface area (Å²) in [6, 6.07) is 4.98. The number of carbonyl (C=O) groups is 1. The number of aromatic amines is 1. The SMILES string of the molecule is O=C(N[C@@H]1C[C@H]1c1cccc(C(F)(F)F)c1)c1ncnc2nc[nH]c12. The Labute approximate surface area is 139 Å². The van der Waals surface area contributed by atoms with Crippen molar-refractivity contribution >= 4 is 17.1 Å². The van der Waals surface area contributed by atoms with E-state index in [1.165, 1.54) is 18.7 Å². The summed E-state index contributed by atoms with van der Waals surface area (Å²) >= 11 is 0. The van der Waals surface area contributed by atoms with E-state index in [-0.39, 0.29) is 17.7 Å². The Kier molecular flexibility index (Phi) is 3.45. The summed E-state index contributed by atoms with van der Waals surface area (Å²) in [4.78, 5) is 27.0. The van der Waals surface area contributed by atoms with E-state index in [9.17, 15) is 18.0 Å². The van der Waals surface area contributed by atoms with Crippen LogP contribution < -0.4 is 5.32 Å². The molecule has 2 aromatic heterocycles. The molecule has 0 unspecified atom stereocenters. The van der Waals surface area contributed by atoms with Crippen LogP contribution in [0.15, 0.2) is 36.9 Å². The topological polar surface area (TPSA) is 83.6 Å². The predicted molar refractivity (Wildman–Crippen MR) is 81.7 cm³/mol. The highest BCUT2D eigenvalue weighted by Gasteiger charge is 2.41. The number of alkyl halides is 3. The predicted octanol–water partition coefficient (Wildman–Crippen LogP) is 2.66. The molecule has 1 aromatic carbocycles. The molecule has 2 heterocycles. The number of fused-ring (bicyclic) bond motifs is 1. The second-order valence-electron chi connectivity index (χ2n) is 5.87. The molecule has 0 radical (unpaired) electrons. The number of rotatable bonds is 3. The van der Waals surface area contributed by atoms with Crippen molar-refractivity contribution in [3.8, 4) is 0 Å². The van der Waals surface area contributed by atoms with Gasteiger partial charge in [-0.25, -0.2) is 15.0 Å². The standard InChI is InChI=1S/C16H12F3N5O/c17-16(18,19)9-3-1-2-8(4-9)10-5-11(10)24-15(25)13-12-14(22-6-20-12)23-7-21-13/h1-4,6-7,10-11H,5H2,(H,24,25)(H,20,21,22,23)/t10-,11+/m0/s1. The van der Waals surface area contributed by atoms with E-state index in [4.69, 9.17) is 0 Å². The monoisotopic (exact) mass is 347 g/mol. The van der Waals surface area contributed by atoms with Gasteiger partial charge in [0, 0.05) is 12.0 Å². The number of hydrogen-bond donors (Lipinski definition) is 2. The molecule has 9 heteroatoms. The zero-order valence-corrected chi connectivity index (χ0v) is 12.7. The molecule has 0 bridgehead atoms. The number of amides is 1. The van der Waals surface area contributed by atoms with Gasteiger partial charge in [-0.2, -0.15) is 13.2 Å². The zero-order valence-electron chi connectivity index (χ0n) is 12.7. The largest absolute Gasteiger partial charge is 0.416 e. The molecule has 2 N–H and O–H groups in total. The van der Waals surface area contributed by atoms with Crippen LogP contribution in [0, 0.1) is 0 Å². The van der Waals surface area contributed by atoms with E-state index in [2.05, 4.69) is 25.3 Å². The van der Waals surface area contributed by atoms with Crippen LogP contribution in [0.5, 0.6) is 0 Å². The van der Waals surface area contributed by atoms with Crippen LogP contribution in [0.2, 0.25) is 0 Å². The normalized spacial score (nSPS) is 19.8. The van der Waals surface area contributed by atoms with Gasteiger partial charge in [0.2, 0.25) is 0 Å². The van der Waals surface area contributed by atoms with Crippen LogP contribution in [0.25, 0.3) is 11.2 Å². The van der Waals surface area contributed by atoms with Gasteiger partial charge in [0.05, 0.1) is 11.9 Å². The van der Waals surface area contributed by atoms with E-state index in [1.54, 1.807) is 6.07 Å². The first kappa shape index (κ1) is 15.6. The van der Waals surface area contributed by atoms with E-state index < -0.39 is 17.6 Å². The van der Waals surface area contributed by atoms with Gasteiger partial charge in [-0.05, 0) is 18.1 Å². The number of nitrogens with zero attached hydrogens (tertiary/aromatic N) is 3. The fourth-order valence-electron chi connectivity index (χ4n) is 2.84. The van der Waals surface area contributed by atoms with E-state index >= 15 is 0 Å². The molecule has 6 nitrogen and oxygen atoms in total. The minimum absolute atomic E-state index is 0.134. The molecule has 1 saturated carbocycles. The Bertz CT molecular complexity index is 952. The maximum atomic E-state index is 12.8. The summed E-state index contributed by atoms with van der Waals surface area (Å²) < 4.78 is 38.4. The quantitative estimate of drug-likeness (QED) is 0.763. The molecule has 128 valence electrons. The minimum atomic E-state index is -4.38. The van der Waals surface area contributed by atoms with Gasteiger partial charge in [0.25, 0.3) is 5.91 Å². The summed E-state index contributed by atoms with van der Waals surface area (Å²) in [5.41, 5.74) is 0.852. The van der Waals surface area contributed by atoms with Crippen molar-refractivity contribution in [1.82, 2.24) is 25.3 Å². The van der Waals surface area contributed by atoms with Gasteiger partial charge in [-0.3, -0.25) is 4.79 Å². The molecular formula is C16H12F3N5O. The summed E-state index contributed by atoms with van der Waals surface area (Å²) in [7, 11) is 0. The number of halogens is 3. The third-order valence-corrected chi connectivity index (χ3v) is 4.19. The number of H-pyrrole nitrogens is 1. The number of imidazole rings is 1. The smallest absolute Gasteiger partial charge is 0.347 e. The van der Waals surface area contributed by atoms with Crippen molar-refractivity contribution < 1.29 is 18.0 Å². The van der Waals surface area contributed by atoms with Crippen molar-refractivity contribution in [3.05, 3.63) is 53.7 Å². The van der Waals surface area contributed by atoms with Crippen molar-refractivity contribution in [2.45, 2.75) is 24.6 Å². The van der Waals surface area contributed by atoms with Crippen LogP contribution in [-0.2, 0) is 6.18 Å². The molecule has 4 rings (SSSR count). The molecule has 0 spiro atoms. The highest BCUT2D eigenvalue weighted by molar-refractivity contribution is 6.02. The Morgan fingerprint density at radius 3 is 2.88 bits per heavy atom. The first-order chi connectivity index (χ1) is 11.9. The molecule has 2 atom stereocenters. The van der Waals surface area contributed by atoms with Crippen LogP contribution >= 0.6 is 0 Å². The van der Waals surface area contributed by atoms with E-state index in [1.807, 2.05) is 0 Å². The van der Waals surface area contributed by atoms with Crippen molar-refractivity contribution in [2.24, 2.45) is 0 Å². The third kappa shape index (κ3) is 2.92. The van der Waals surface area contributed by atoms with Crippen molar-refractivity contribution in [1.29, 1.82) is 0 Å². The van der Waals surface area contributed by atoms with Crippen LogP contribution in [0.3, 0.4) is 0 Å². The molecule has 1 amide bonds. The van der Waals surface area contributed by atoms with E-state index in [0.29, 0.717) is 23.1 Å². The molecular weight excluding hydrogens is 335 g/mol. The lowest BCUT2D eigenvalue weighted by Gasteiger charge is -2.09. The van der Waals surface area contributed by atoms with Crippen LogP contribution in [0.1, 0.15) is 34.0 Å². The molecule has 1 aliphatic rings. The zero-order chi connectivity index (χ0) is 17.6. The number of carbonyl (C=O) groups excluding carboxylic acids is 1. The maximum Gasteiger partial charge on any atom is 0.416 e. The summed E-state index contributed by atoms with van der Waals surface area (Å²) in [6.45, 7) is 0. The average Bonchev–Trinajstić information content (AvgIpc) is 3.17. The summed E-state index contributed by atoms with van der Waals surface area (Å²) in [5, 5.41) is 2.80. The Morgan fingerprint density at radius 2 is 2.08 bits per heavy atom. The Morgan fingerprint density at radius 1 is 1.24 bits per heavy atom. The molecule has 3 aromatic rings. The highest BCUT2D eigenvalue weighted by Crippen LogP contribution is 2.42. The Balaban J connectivity index is 1.49. The first-order valence-corrected chi connectivity index (χ1v) is 7.55. The van der Waals surface area contributed by atoms with Gasteiger partial charge < -0.3 is 10.3 Å². The first-order valence-electron chi connectivity index (χ1n) is 7.55. The van der Waals surface area contributed by atoms with Gasteiger partial charge in [-0.15, -0.1) is 0 Å². The minimum Gasteiger partial charge on any atom is -0.347 e. The fraction of sp³-hybridized carbons (Fsp3) is 0.250. The summed E-state index contributed by atoms with van der Waals surface area (Å²) in [5.74, 6) is -0.540. The lowest BCUT2D eigenvalue weighted by Crippen LogP contribution is -2.27. The van der Waals surface area contributed by atoms with Gasteiger partial charge in [0.15, 0.2) is 11.3 Å². The lowest BCUT2D eigenvalue weighted by atomic mass is 10.1.